The third-order valence-corrected chi connectivity index (χ3v) is 5.31. The normalized spacial score (nSPS) is 15.3. The molecule has 7 nitrogen and oxygen atoms in total. The smallest absolute Gasteiger partial charge is 0.311 e. The first-order valence-electron chi connectivity index (χ1n) is 9.45. The van der Waals surface area contributed by atoms with Crippen molar-refractivity contribution in [2.24, 2.45) is 5.41 Å². The van der Waals surface area contributed by atoms with E-state index < -0.39 is 17.3 Å². The van der Waals surface area contributed by atoms with E-state index in [4.69, 9.17) is 4.74 Å². The first kappa shape index (κ1) is 20.5. The van der Waals surface area contributed by atoms with Crippen LogP contribution in [0.2, 0.25) is 0 Å². The number of hydrogen-bond acceptors (Lipinski definition) is 4. The van der Waals surface area contributed by atoms with Gasteiger partial charge in [0.05, 0.1) is 5.41 Å². The SMILES string of the molecule is CN(C(=O)c1cccc(C(=O)NCC2(C(=O)O)CCOCC2)c1)c1ccccc1. The highest BCUT2D eigenvalue weighted by molar-refractivity contribution is 6.07. The summed E-state index contributed by atoms with van der Waals surface area (Å²) in [5, 5.41) is 12.3. The van der Waals surface area contributed by atoms with E-state index in [-0.39, 0.29) is 12.5 Å². The van der Waals surface area contributed by atoms with Crippen LogP contribution in [0, 0.1) is 5.41 Å². The van der Waals surface area contributed by atoms with E-state index in [1.165, 1.54) is 11.0 Å². The minimum absolute atomic E-state index is 0.0205. The molecule has 2 aromatic carbocycles. The van der Waals surface area contributed by atoms with E-state index in [0.717, 1.165) is 5.69 Å². The Morgan fingerprint density at radius 2 is 1.69 bits per heavy atom. The number of nitrogens with one attached hydrogen (secondary N) is 1. The maximum absolute atomic E-state index is 12.8. The number of nitrogens with zero attached hydrogens (tertiary/aromatic N) is 1. The molecule has 2 N–H and O–H groups in total. The van der Waals surface area contributed by atoms with Crippen LogP contribution in [0.4, 0.5) is 5.69 Å². The highest BCUT2D eigenvalue weighted by atomic mass is 16.5. The number of amides is 2. The molecule has 0 atom stereocenters. The van der Waals surface area contributed by atoms with Gasteiger partial charge in [-0.1, -0.05) is 24.3 Å². The Labute approximate surface area is 169 Å². The quantitative estimate of drug-likeness (QED) is 0.782. The van der Waals surface area contributed by atoms with Gasteiger partial charge in [0.1, 0.15) is 0 Å². The average molecular weight is 396 g/mol. The summed E-state index contributed by atoms with van der Waals surface area (Å²) in [4.78, 5) is 38.6. The third-order valence-electron chi connectivity index (χ3n) is 5.31. The summed E-state index contributed by atoms with van der Waals surface area (Å²) in [6, 6.07) is 15.6. The number of carbonyl (C=O) groups is 3. The van der Waals surface area contributed by atoms with Crippen LogP contribution >= 0.6 is 0 Å². The van der Waals surface area contributed by atoms with Crippen molar-refractivity contribution in [3.8, 4) is 0 Å². The number of rotatable bonds is 6. The lowest BCUT2D eigenvalue weighted by molar-refractivity contribution is -0.154. The molecule has 0 saturated carbocycles. The minimum Gasteiger partial charge on any atom is -0.481 e. The molecule has 29 heavy (non-hydrogen) atoms. The largest absolute Gasteiger partial charge is 0.481 e. The molecule has 0 aromatic heterocycles. The zero-order chi connectivity index (χ0) is 20.9. The average Bonchev–Trinajstić information content (AvgIpc) is 2.77. The number of ether oxygens (including phenoxy) is 1. The number of carbonyl (C=O) groups excluding carboxylic acids is 2. The van der Waals surface area contributed by atoms with Gasteiger partial charge in [-0.15, -0.1) is 0 Å². The Morgan fingerprint density at radius 1 is 1.03 bits per heavy atom. The topological polar surface area (TPSA) is 95.9 Å². The first-order valence-corrected chi connectivity index (χ1v) is 9.45. The maximum Gasteiger partial charge on any atom is 0.311 e. The van der Waals surface area contributed by atoms with E-state index >= 15 is 0 Å². The molecule has 0 aliphatic carbocycles. The molecule has 1 fully saturated rings. The summed E-state index contributed by atoms with van der Waals surface area (Å²) in [6.45, 7) is 0.739. The second-order valence-corrected chi connectivity index (χ2v) is 7.16. The van der Waals surface area contributed by atoms with E-state index in [1.54, 1.807) is 25.2 Å². The molecular weight excluding hydrogens is 372 g/mol. The fourth-order valence-corrected chi connectivity index (χ4v) is 3.34. The monoisotopic (exact) mass is 396 g/mol. The van der Waals surface area contributed by atoms with Gasteiger partial charge in [0, 0.05) is 43.6 Å². The predicted molar refractivity (Wildman–Crippen MR) is 108 cm³/mol. The molecule has 0 bridgehead atoms. The van der Waals surface area contributed by atoms with E-state index in [2.05, 4.69) is 5.32 Å². The standard InChI is InChI=1S/C22H24N2O5/c1-24(18-8-3-2-4-9-18)20(26)17-7-5-6-16(14-17)19(25)23-15-22(21(27)28)10-12-29-13-11-22/h2-9,14H,10-13,15H2,1H3,(H,23,25)(H,27,28). The van der Waals surface area contributed by atoms with Crippen LogP contribution in [0.25, 0.3) is 0 Å². The molecule has 1 aliphatic heterocycles. The van der Waals surface area contributed by atoms with Crippen molar-refractivity contribution in [1.29, 1.82) is 0 Å². The molecule has 7 heteroatoms. The molecule has 2 aromatic rings. The van der Waals surface area contributed by atoms with Gasteiger partial charge in [-0.25, -0.2) is 0 Å². The second-order valence-electron chi connectivity index (χ2n) is 7.16. The van der Waals surface area contributed by atoms with Crippen LogP contribution in [-0.2, 0) is 9.53 Å². The number of benzene rings is 2. The molecule has 1 aliphatic rings. The Bertz CT molecular complexity index is 891. The van der Waals surface area contributed by atoms with E-state index in [9.17, 15) is 19.5 Å². The number of carboxylic acids is 1. The van der Waals surface area contributed by atoms with E-state index in [1.807, 2.05) is 30.3 Å². The minimum atomic E-state index is -1.02. The van der Waals surface area contributed by atoms with Crippen LogP contribution in [-0.4, -0.2) is 49.7 Å². The van der Waals surface area contributed by atoms with Crippen LogP contribution in [0.3, 0.4) is 0 Å². The van der Waals surface area contributed by atoms with Crippen molar-refractivity contribution >= 4 is 23.5 Å². The summed E-state index contributed by atoms with van der Waals surface area (Å²) in [6.07, 6.45) is 0.700. The van der Waals surface area contributed by atoms with Crippen LogP contribution in [0.15, 0.2) is 54.6 Å². The number of hydrogen-bond donors (Lipinski definition) is 2. The Kier molecular flexibility index (Phi) is 6.29. The van der Waals surface area contributed by atoms with Crippen molar-refractivity contribution in [3.63, 3.8) is 0 Å². The molecule has 1 saturated heterocycles. The fourth-order valence-electron chi connectivity index (χ4n) is 3.34. The first-order chi connectivity index (χ1) is 13.9. The Balaban J connectivity index is 1.71. The summed E-state index contributed by atoms with van der Waals surface area (Å²) < 4.78 is 5.25. The summed E-state index contributed by atoms with van der Waals surface area (Å²) in [5.74, 6) is -1.58. The number of aliphatic carboxylic acids is 1. The van der Waals surface area contributed by atoms with Crippen molar-refractivity contribution in [1.82, 2.24) is 5.32 Å². The summed E-state index contributed by atoms with van der Waals surface area (Å²) in [5.41, 5.74) is 0.415. The van der Waals surface area contributed by atoms with Gasteiger partial charge in [-0.05, 0) is 43.2 Å². The highest BCUT2D eigenvalue weighted by Crippen LogP contribution is 2.30. The van der Waals surface area contributed by atoms with Gasteiger partial charge in [0.25, 0.3) is 11.8 Å². The third kappa shape index (κ3) is 4.63. The molecule has 152 valence electrons. The van der Waals surface area contributed by atoms with Crippen molar-refractivity contribution in [3.05, 3.63) is 65.7 Å². The van der Waals surface area contributed by atoms with Gasteiger partial charge in [0.15, 0.2) is 0 Å². The maximum atomic E-state index is 12.8. The fraction of sp³-hybridized carbons (Fsp3) is 0.318. The Morgan fingerprint density at radius 3 is 2.34 bits per heavy atom. The van der Waals surface area contributed by atoms with Gasteiger partial charge in [-0.3, -0.25) is 14.4 Å². The molecule has 0 radical (unpaired) electrons. The van der Waals surface area contributed by atoms with Crippen molar-refractivity contribution in [2.75, 3.05) is 31.7 Å². The number of anilines is 1. The molecule has 2 amide bonds. The van der Waals surface area contributed by atoms with Gasteiger partial charge in [0.2, 0.25) is 0 Å². The van der Waals surface area contributed by atoms with E-state index in [0.29, 0.717) is 37.2 Å². The van der Waals surface area contributed by atoms with Crippen molar-refractivity contribution in [2.45, 2.75) is 12.8 Å². The predicted octanol–water partition coefficient (Wildman–Crippen LogP) is 2.57. The van der Waals surface area contributed by atoms with Crippen LogP contribution < -0.4 is 10.2 Å². The molecular formula is C22H24N2O5. The lowest BCUT2D eigenvalue weighted by atomic mass is 9.80. The molecule has 0 unspecified atom stereocenters. The lowest BCUT2D eigenvalue weighted by Gasteiger charge is -2.33. The summed E-state index contributed by atoms with van der Waals surface area (Å²) >= 11 is 0. The highest BCUT2D eigenvalue weighted by Gasteiger charge is 2.40. The van der Waals surface area contributed by atoms with Gasteiger partial charge < -0.3 is 20.1 Å². The summed E-state index contributed by atoms with van der Waals surface area (Å²) in [7, 11) is 1.67. The second kappa shape index (κ2) is 8.87. The van der Waals surface area contributed by atoms with Crippen LogP contribution in [0.5, 0.6) is 0 Å². The zero-order valence-electron chi connectivity index (χ0n) is 16.3. The van der Waals surface area contributed by atoms with Gasteiger partial charge >= 0.3 is 5.97 Å². The number of para-hydroxylation sites is 1. The molecule has 3 rings (SSSR count). The number of carboxylic acid groups (broad SMARTS) is 1. The zero-order valence-corrected chi connectivity index (χ0v) is 16.3. The van der Waals surface area contributed by atoms with Crippen LogP contribution in [0.1, 0.15) is 33.6 Å². The Hall–Kier alpha value is -3.19. The molecule has 0 spiro atoms. The lowest BCUT2D eigenvalue weighted by Crippen LogP contribution is -2.46. The van der Waals surface area contributed by atoms with Gasteiger partial charge in [-0.2, -0.15) is 0 Å². The van der Waals surface area contributed by atoms with Crippen molar-refractivity contribution < 1.29 is 24.2 Å². The molecule has 1 heterocycles.